The van der Waals surface area contributed by atoms with Crippen molar-refractivity contribution >= 4 is 11.8 Å². The fraction of sp³-hybridized carbons (Fsp3) is 0.538. The highest BCUT2D eigenvalue weighted by Gasteiger charge is 2.16. The molecule has 0 spiro atoms. The van der Waals surface area contributed by atoms with Crippen LogP contribution in [0.5, 0.6) is 0 Å². The lowest BCUT2D eigenvalue weighted by molar-refractivity contribution is 0.458. The van der Waals surface area contributed by atoms with Crippen molar-refractivity contribution in [1.82, 2.24) is 5.32 Å². The van der Waals surface area contributed by atoms with E-state index >= 15 is 0 Å². The number of thioether (sulfide) groups is 1. The summed E-state index contributed by atoms with van der Waals surface area (Å²) >= 11 is 1.84. The number of nitrogens with one attached hydrogen (secondary N) is 1. The molecule has 1 aliphatic heterocycles. The van der Waals surface area contributed by atoms with Gasteiger partial charge in [0.25, 0.3) is 0 Å². The van der Waals surface area contributed by atoms with E-state index in [1.165, 1.54) is 36.4 Å². The Labute approximate surface area is 96.7 Å². The molecule has 1 N–H and O–H groups in total. The maximum Gasteiger partial charge on any atom is 0.00721 e. The summed E-state index contributed by atoms with van der Waals surface area (Å²) in [5.74, 6) is 0.776. The van der Waals surface area contributed by atoms with Crippen LogP contribution in [0.3, 0.4) is 0 Å². The van der Waals surface area contributed by atoms with Crippen LogP contribution in [0, 0.1) is 6.92 Å². The molecular weight excluding hydrogens is 202 g/mol. The molecular formula is C13H19NS. The number of hydrogen-bond acceptors (Lipinski definition) is 2. The fourth-order valence-electron chi connectivity index (χ4n) is 2.32. The van der Waals surface area contributed by atoms with Crippen LogP contribution in [-0.2, 0) is 0 Å². The molecule has 0 bridgehead atoms. The van der Waals surface area contributed by atoms with E-state index < -0.39 is 0 Å². The maximum atomic E-state index is 3.43. The lowest BCUT2D eigenvalue weighted by Crippen LogP contribution is -2.26. The van der Waals surface area contributed by atoms with Gasteiger partial charge in [-0.3, -0.25) is 0 Å². The van der Waals surface area contributed by atoms with Crippen LogP contribution in [0.1, 0.15) is 29.9 Å². The number of aryl methyl sites for hydroxylation is 1. The molecule has 82 valence electrons. The molecule has 0 saturated carbocycles. The van der Waals surface area contributed by atoms with E-state index in [1.807, 2.05) is 11.8 Å². The van der Waals surface area contributed by atoms with E-state index in [0.29, 0.717) is 0 Å². The summed E-state index contributed by atoms with van der Waals surface area (Å²) in [6.45, 7) is 4.59. The van der Waals surface area contributed by atoms with Crippen molar-refractivity contribution in [1.29, 1.82) is 0 Å². The van der Waals surface area contributed by atoms with E-state index in [2.05, 4.69) is 36.7 Å². The van der Waals surface area contributed by atoms with Crippen LogP contribution in [0.15, 0.2) is 23.1 Å². The van der Waals surface area contributed by atoms with Crippen LogP contribution >= 0.6 is 11.8 Å². The van der Waals surface area contributed by atoms with E-state index in [0.717, 1.165) is 5.92 Å². The average Bonchev–Trinajstić information content (AvgIpc) is 2.31. The first-order valence-electron chi connectivity index (χ1n) is 5.66. The van der Waals surface area contributed by atoms with Crippen molar-refractivity contribution in [2.75, 3.05) is 19.3 Å². The van der Waals surface area contributed by atoms with Crippen molar-refractivity contribution in [2.45, 2.75) is 30.6 Å². The zero-order valence-corrected chi connectivity index (χ0v) is 10.4. The third kappa shape index (κ3) is 2.56. The second-order valence-corrected chi connectivity index (χ2v) is 5.13. The molecule has 15 heavy (non-hydrogen) atoms. The summed E-state index contributed by atoms with van der Waals surface area (Å²) < 4.78 is 0. The Morgan fingerprint density at radius 3 is 2.67 bits per heavy atom. The summed E-state index contributed by atoms with van der Waals surface area (Å²) in [4.78, 5) is 1.40. The normalized spacial score (nSPS) is 18.0. The summed E-state index contributed by atoms with van der Waals surface area (Å²) in [6, 6.07) is 6.88. The summed E-state index contributed by atoms with van der Waals surface area (Å²) in [6.07, 6.45) is 4.73. The number of rotatable bonds is 2. The van der Waals surface area contributed by atoms with Gasteiger partial charge in [-0.15, -0.1) is 11.8 Å². The Morgan fingerprint density at radius 1 is 1.27 bits per heavy atom. The van der Waals surface area contributed by atoms with E-state index in [4.69, 9.17) is 0 Å². The number of piperidine rings is 1. The Bertz CT molecular complexity index is 329. The Hall–Kier alpha value is -0.470. The first-order chi connectivity index (χ1) is 7.31. The third-order valence-electron chi connectivity index (χ3n) is 3.27. The molecule has 1 saturated heterocycles. The topological polar surface area (TPSA) is 12.0 Å². The molecule has 1 aromatic carbocycles. The van der Waals surface area contributed by atoms with Crippen LogP contribution in [0.2, 0.25) is 0 Å². The van der Waals surface area contributed by atoms with Gasteiger partial charge in [-0.05, 0) is 68.3 Å². The van der Waals surface area contributed by atoms with Gasteiger partial charge in [-0.1, -0.05) is 6.07 Å². The Morgan fingerprint density at radius 2 is 2.00 bits per heavy atom. The predicted molar refractivity (Wildman–Crippen MR) is 67.8 cm³/mol. The van der Waals surface area contributed by atoms with Crippen LogP contribution in [-0.4, -0.2) is 19.3 Å². The van der Waals surface area contributed by atoms with Crippen LogP contribution in [0.25, 0.3) is 0 Å². The summed E-state index contributed by atoms with van der Waals surface area (Å²) in [5, 5.41) is 3.43. The highest BCUT2D eigenvalue weighted by molar-refractivity contribution is 7.98. The summed E-state index contributed by atoms with van der Waals surface area (Å²) in [5.41, 5.74) is 3.03. The smallest absolute Gasteiger partial charge is 0.00721 e. The minimum atomic E-state index is 0.776. The SMILES string of the molecule is CSc1ccc(C)c(C2CCNCC2)c1. The minimum Gasteiger partial charge on any atom is -0.317 e. The van der Waals surface area contributed by atoms with Crippen molar-refractivity contribution in [3.05, 3.63) is 29.3 Å². The molecule has 0 aliphatic carbocycles. The molecule has 0 amide bonds. The molecule has 0 unspecified atom stereocenters. The largest absolute Gasteiger partial charge is 0.317 e. The zero-order chi connectivity index (χ0) is 10.7. The van der Waals surface area contributed by atoms with Crippen molar-refractivity contribution in [3.63, 3.8) is 0 Å². The standard InChI is InChI=1S/C13H19NS/c1-10-3-4-12(15-2)9-13(10)11-5-7-14-8-6-11/h3-4,9,11,14H,5-8H2,1-2H3. The van der Waals surface area contributed by atoms with Gasteiger partial charge in [0.1, 0.15) is 0 Å². The molecule has 2 rings (SSSR count). The molecule has 1 aromatic rings. The van der Waals surface area contributed by atoms with Gasteiger partial charge in [0, 0.05) is 4.90 Å². The fourth-order valence-corrected chi connectivity index (χ4v) is 2.77. The molecule has 1 heterocycles. The highest BCUT2D eigenvalue weighted by atomic mass is 32.2. The first-order valence-corrected chi connectivity index (χ1v) is 6.89. The Balaban J connectivity index is 2.24. The molecule has 2 heteroatoms. The van der Waals surface area contributed by atoms with Gasteiger partial charge in [0.2, 0.25) is 0 Å². The van der Waals surface area contributed by atoms with E-state index in [-0.39, 0.29) is 0 Å². The number of hydrogen-bond donors (Lipinski definition) is 1. The van der Waals surface area contributed by atoms with E-state index in [1.54, 1.807) is 5.56 Å². The second kappa shape index (κ2) is 5.04. The zero-order valence-electron chi connectivity index (χ0n) is 9.55. The predicted octanol–water partition coefficient (Wildman–Crippen LogP) is 3.18. The second-order valence-electron chi connectivity index (χ2n) is 4.25. The van der Waals surface area contributed by atoms with Crippen molar-refractivity contribution < 1.29 is 0 Å². The van der Waals surface area contributed by atoms with Gasteiger partial charge in [0.05, 0.1) is 0 Å². The Kier molecular flexibility index (Phi) is 3.71. The lowest BCUT2D eigenvalue weighted by Gasteiger charge is -2.24. The monoisotopic (exact) mass is 221 g/mol. The minimum absolute atomic E-state index is 0.776. The van der Waals surface area contributed by atoms with Gasteiger partial charge >= 0.3 is 0 Å². The van der Waals surface area contributed by atoms with Crippen molar-refractivity contribution in [2.24, 2.45) is 0 Å². The molecule has 1 nitrogen and oxygen atoms in total. The van der Waals surface area contributed by atoms with E-state index in [9.17, 15) is 0 Å². The maximum absolute atomic E-state index is 3.43. The third-order valence-corrected chi connectivity index (χ3v) is 3.99. The van der Waals surface area contributed by atoms with Gasteiger partial charge in [-0.25, -0.2) is 0 Å². The summed E-state index contributed by atoms with van der Waals surface area (Å²) in [7, 11) is 0. The molecule has 0 aromatic heterocycles. The lowest BCUT2D eigenvalue weighted by atomic mass is 9.87. The quantitative estimate of drug-likeness (QED) is 0.770. The number of benzene rings is 1. The molecule has 1 fully saturated rings. The van der Waals surface area contributed by atoms with Crippen LogP contribution in [0.4, 0.5) is 0 Å². The molecule has 1 aliphatic rings. The highest BCUT2D eigenvalue weighted by Crippen LogP contribution is 2.30. The van der Waals surface area contributed by atoms with Crippen molar-refractivity contribution in [3.8, 4) is 0 Å². The van der Waals surface area contributed by atoms with Crippen LogP contribution < -0.4 is 5.32 Å². The van der Waals surface area contributed by atoms with Gasteiger partial charge in [0.15, 0.2) is 0 Å². The van der Waals surface area contributed by atoms with Gasteiger partial charge in [-0.2, -0.15) is 0 Å². The average molecular weight is 221 g/mol. The molecule has 0 atom stereocenters. The van der Waals surface area contributed by atoms with Gasteiger partial charge < -0.3 is 5.32 Å². The first kappa shape index (κ1) is 11.0. The molecule has 0 radical (unpaired) electrons.